The van der Waals surface area contributed by atoms with Crippen LogP contribution in [0, 0.1) is 24.7 Å². The van der Waals surface area contributed by atoms with Crippen molar-refractivity contribution in [3.05, 3.63) is 83.6 Å². The summed E-state index contributed by atoms with van der Waals surface area (Å²) in [7, 11) is 0. The van der Waals surface area contributed by atoms with Gasteiger partial charge in [0.2, 0.25) is 0 Å². The topological polar surface area (TPSA) is 66.6 Å². The number of pyridine rings is 1. The molecule has 0 unspecified atom stereocenters. The second-order valence-electron chi connectivity index (χ2n) is 6.33. The normalized spacial score (nSPS) is 10.3. The Kier molecular flexibility index (Phi) is 4.49. The van der Waals surface area contributed by atoms with Gasteiger partial charge in [-0.25, -0.2) is 9.78 Å². The molecule has 0 aliphatic rings. The first-order valence-corrected chi connectivity index (χ1v) is 8.75. The molecule has 2 aromatic carbocycles. The molecule has 0 saturated carbocycles. The van der Waals surface area contributed by atoms with E-state index in [-0.39, 0.29) is 5.56 Å². The van der Waals surface area contributed by atoms with Crippen LogP contribution in [0.1, 0.15) is 21.5 Å². The quantitative estimate of drug-likeness (QED) is 0.517. The molecule has 2 aromatic heterocycles. The highest BCUT2D eigenvalue weighted by Gasteiger charge is 2.15. The smallest absolute Gasteiger partial charge is 0.335 e. The van der Waals surface area contributed by atoms with Gasteiger partial charge in [0.05, 0.1) is 5.56 Å². The fourth-order valence-corrected chi connectivity index (χ4v) is 3.01. The molecule has 5 heteroatoms. The molecular formula is C24H15N3O2. The summed E-state index contributed by atoms with van der Waals surface area (Å²) in [4.78, 5) is 15.8. The van der Waals surface area contributed by atoms with Gasteiger partial charge in [-0.1, -0.05) is 24.0 Å². The van der Waals surface area contributed by atoms with E-state index < -0.39 is 5.97 Å². The lowest BCUT2D eigenvalue weighted by Crippen LogP contribution is -1.99. The number of nitrogens with one attached hydrogen (secondary N) is 1. The van der Waals surface area contributed by atoms with Crippen LogP contribution in [0.2, 0.25) is 0 Å². The molecular weight excluding hydrogens is 362 g/mol. The first-order valence-electron chi connectivity index (χ1n) is 8.75. The van der Waals surface area contributed by atoms with Crippen molar-refractivity contribution in [1.29, 1.82) is 0 Å². The van der Waals surface area contributed by atoms with Gasteiger partial charge in [-0.2, -0.15) is 0 Å². The van der Waals surface area contributed by atoms with Crippen molar-refractivity contribution >= 4 is 23.1 Å². The van der Waals surface area contributed by atoms with Gasteiger partial charge in [-0.3, -0.25) is 4.40 Å². The van der Waals surface area contributed by atoms with E-state index in [1.807, 2.05) is 47.0 Å². The van der Waals surface area contributed by atoms with Crippen molar-refractivity contribution in [1.82, 2.24) is 9.38 Å². The van der Waals surface area contributed by atoms with Crippen molar-refractivity contribution in [2.75, 3.05) is 5.32 Å². The van der Waals surface area contributed by atoms with E-state index in [0.717, 1.165) is 28.2 Å². The molecule has 138 valence electrons. The van der Waals surface area contributed by atoms with E-state index in [1.54, 1.807) is 24.3 Å². The van der Waals surface area contributed by atoms with Gasteiger partial charge in [0, 0.05) is 28.6 Å². The summed E-state index contributed by atoms with van der Waals surface area (Å²) in [5.41, 5.74) is 4.78. The first-order chi connectivity index (χ1) is 14.1. The maximum Gasteiger partial charge on any atom is 0.335 e. The molecule has 4 rings (SSSR count). The number of nitrogens with zero attached hydrogens (tertiary/aromatic N) is 2. The van der Waals surface area contributed by atoms with E-state index in [9.17, 15) is 4.79 Å². The maximum atomic E-state index is 11.1. The third kappa shape index (κ3) is 3.41. The van der Waals surface area contributed by atoms with Crippen molar-refractivity contribution < 1.29 is 9.90 Å². The number of terminal acetylenes is 2. The Morgan fingerprint density at radius 1 is 0.931 bits per heavy atom. The third-order valence-corrected chi connectivity index (χ3v) is 4.50. The van der Waals surface area contributed by atoms with Gasteiger partial charge in [0.15, 0.2) is 0 Å². The van der Waals surface area contributed by atoms with Crippen LogP contribution in [-0.4, -0.2) is 20.5 Å². The van der Waals surface area contributed by atoms with Crippen LogP contribution in [0.15, 0.2) is 66.9 Å². The van der Waals surface area contributed by atoms with Crippen LogP contribution >= 0.6 is 0 Å². The van der Waals surface area contributed by atoms with Gasteiger partial charge in [0.25, 0.3) is 0 Å². The molecule has 0 aliphatic heterocycles. The van der Waals surface area contributed by atoms with E-state index in [1.165, 1.54) is 0 Å². The highest BCUT2D eigenvalue weighted by Crippen LogP contribution is 2.31. The number of carboxylic acid groups (broad SMARTS) is 1. The number of aromatic nitrogens is 2. The van der Waals surface area contributed by atoms with Crippen LogP contribution in [0.3, 0.4) is 0 Å². The molecule has 0 fully saturated rings. The molecule has 0 atom stereocenters. The van der Waals surface area contributed by atoms with Gasteiger partial charge in [-0.15, -0.1) is 12.8 Å². The molecule has 0 aliphatic carbocycles. The minimum absolute atomic E-state index is 0.216. The van der Waals surface area contributed by atoms with E-state index in [0.29, 0.717) is 11.4 Å². The van der Waals surface area contributed by atoms with Gasteiger partial charge < -0.3 is 10.4 Å². The second kappa shape index (κ2) is 7.26. The number of imidazole rings is 1. The third-order valence-electron chi connectivity index (χ3n) is 4.50. The molecule has 2 N–H and O–H groups in total. The molecule has 0 saturated heterocycles. The van der Waals surface area contributed by atoms with Crippen LogP contribution in [0.25, 0.3) is 16.9 Å². The monoisotopic (exact) mass is 377 g/mol. The Hall–Kier alpha value is -4.48. The fourth-order valence-electron chi connectivity index (χ4n) is 3.01. The van der Waals surface area contributed by atoms with Crippen molar-refractivity contribution in [3.63, 3.8) is 0 Å². The molecule has 0 radical (unpaired) electrons. The number of benzene rings is 2. The van der Waals surface area contributed by atoms with Gasteiger partial charge in [-0.05, 0) is 48.5 Å². The SMILES string of the molecule is C#Cc1ccc(-c2nc3ccc(C#C)cn3c2Nc2ccc(C(=O)O)cc2)cc1. The summed E-state index contributed by atoms with van der Waals surface area (Å²) in [6, 6.07) is 17.7. The van der Waals surface area contributed by atoms with E-state index >= 15 is 0 Å². The lowest BCUT2D eigenvalue weighted by atomic mass is 10.1. The molecule has 0 amide bonds. The second-order valence-corrected chi connectivity index (χ2v) is 6.33. The Bertz CT molecular complexity index is 1300. The van der Waals surface area contributed by atoms with Gasteiger partial charge in [0.1, 0.15) is 17.2 Å². The molecule has 0 spiro atoms. The zero-order valence-corrected chi connectivity index (χ0v) is 15.3. The largest absolute Gasteiger partial charge is 0.478 e. The molecule has 0 bridgehead atoms. The van der Waals surface area contributed by atoms with Gasteiger partial charge >= 0.3 is 5.97 Å². The predicted molar refractivity (Wildman–Crippen MR) is 113 cm³/mol. The number of hydrogen-bond donors (Lipinski definition) is 2. The number of fused-ring (bicyclic) bond motifs is 1. The maximum absolute atomic E-state index is 11.1. The minimum Gasteiger partial charge on any atom is -0.478 e. The Balaban J connectivity index is 1.85. The molecule has 2 heterocycles. The highest BCUT2D eigenvalue weighted by molar-refractivity contribution is 5.88. The number of hydrogen-bond acceptors (Lipinski definition) is 3. The average Bonchev–Trinajstić information content (AvgIpc) is 3.11. The zero-order chi connectivity index (χ0) is 20.4. The summed E-state index contributed by atoms with van der Waals surface area (Å²) >= 11 is 0. The molecule has 29 heavy (non-hydrogen) atoms. The standard InChI is InChI=1S/C24H15N3O2/c1-3-16-5-8-18(9-6-16)22-23(25-20-12-10-19(11-13-20)24(28)29)27-15-17(4-2)7-14-21(27)26-22/h1-2,5-15,25H,(H,28,29). The van der Waals surface area contributed by atoms with Crippen LogP contribution < -0.4 is 5.32 Å². The number of rotatable bonds is 4. The summed E-state index contributed by atoms with van der Waals surface area (Å²) in [5.74, 6) is 4.98. The lowest BCUT2D eigenvalue weighted by molar-refractivity contribution is 0.0697. The van der Waals surface area contributed by atoms with Crippen LogP contribution in [0.4, 0.5) is 11.5 Å². The van der Waals surface area contributed by atoms with Crippen molar-refractivity contribution in [3.8, 4) is 35.9 Å². The Morgan fingerprint density at radius 2 is 1.59 bits per heavy atom. The fraction of sp³-hybridized carbons (Fsp3) is 0. The van der Waals surface area contributed by atoms with Crippen LogP contribution in [0.5, 0.6) is 0 Å². The lowest BCUT2D eigenvalue weighted by Gasteiger charge is -2.10. The molecule has 5 nitrogen and oxygen atoms in total. The Labute approximate surface area is 167 Å². The summed E-state index contributed by atoms with van der Waals surface area (Å²) in [5, 5.41) is 12.4. The van der Waals surface area contributed by atoms with Crippen molar-refractivity contribution in [2.45, 2.75) is 0 Å². The number of aromatic carboxylic acids is 1. The summed E-state index contributed by atoms with van der Waals surface area (Å²) < 4.78 is 1.88. The van der Waals surface area contributed by atoms with E-state index in [4.69, 9.17) is 22.9 Å². The van der Waals surface area contributed by atoms with Crippen LogP contribution in [-0.2, 0) is 0 Å². The minimum atomic E-state index is -0.973. The number of carboxylic acids is 1. The average molecular weight is 377 g/mol. The summed E-state index contributed by atoms with van der Waals surface area (Å²) in [6.07, 6.45) is 12.8. The van der Waals surface area contributed by atoms with E-state index in [2.05, 4.69) is 17.2 Å². The Morgan fingerprint density at radius 3 is 2.21 bits per heavy atom. The van der Waals surface area contributed by atoms with Crippen molar-refractivity contribution in [2.24, 2.45) is 0 Å². The number of anilines is 2. The highest BCUT2D eigenvalue weighted by atomic mass is 16.4. The summed E-state index contributed by atoms with van der Waals surface area (Å²) in [6.45, 7) is 0. The molecule has 4 aromatic rings. The first kappa shape index (κ1) is 17.9. The zero-order valence-electron chi connectivity index (χ0n) is 15.3. The predicted octanol–water partition coefficient (Wildman–Crippen LogP) is 4.41. The number of carbonyl (C=O) groups is 1.